The van der Waals surface area contributed by atoms with E-state index < -0.39 is 28.5 Å². The van der Waals surface area contributed by atoms with Crippen molar-refractivity contribution in [2.45, 2.75) is 59.0 Å². The first-order valence-corrected chi connectivity index (χ1v) is 14.3. The predicted molar refractivity (Wildman–Crippen MR) is 144 cm³/mol. The first kappa shape index (κ1) is 29.2. The molecular weight excluding hydrogens is 478 g/mol. The molecule has 0 spiro atoms. The first-order chi connectivity index (χ1) is 17.1. The van der Waals surface area contributed by atoms with Gasteiger partial charge in [-0.15, -0.1) is 0 Å². The largest absolute Gasteiger partial charge is 0.497 e. The van der Waals surface area contributed by atoms with Gasteiger partial charge in [0.25, 0.3) is 0 Å². The second-order valence-electron chi connectivity index (χ2n) is 8.73. The molecule has 198 valence electrons. The number of amides is 2. The molecule has 0 fully saturated rings. The number of anilines is 1. The van der Waals surface area contributed by atoms with Crippen molar-refractivity contribution in [3.8, 4) is 5.75 Å². The molecule has 2 aromatic rings. The summed E-state index contributed by atoms with van der Waals surface area (Å²) in [5.41, 5.74) is 2.28. The lowest BCUT2D eigenvalue weighted by Gasteiger charge is -2.33. The molecule has 1 atom stereocenters. The van der Waals surface area contributed by atoms with Gasteiger partial charge in [0.1, 0.15) is 18.3 Å². The minimum absolute atomic E-state index is 0.162. The van der Waals surface area contributed by atoms with Crippen LogP contribution in [0.4, 0.5) is 5.69 Å². The van der Waals surface area contributed by atoms with Crippen molar-refractivity contribution in [1.29, 1.82) is 0 Å². The third-order valence-corrected chi connectivity index (χ3v) is 7.18. The Kier molecular flexibility index (Phi) is 11.2. The Hall–Kier alpha value is -3.07. The maximum absolute atomic E-state index is 13.7. The van der Waals surface area contributed by atoms with Gasteiger partial charge in [-0.2, -0.15) is 0 Å². The summed E-state index contributed by atoms with van der Waals surface area (Å²) in [5, 5.41) is 2.92. The summed E-state index contributed by atoms with van der Waals surface area (Å²) in [6.45, 7) is 6.18. The van der Waals surface area contributed by atoms with E-state index in [1.165, 1.54) is 4.90 Å². The third-order valence-electron chi connectivity index (χ3n) is 6.04. The van der Waals surface area contributed by atoms with Gasteiger partial charge in [-0.3, -0.25) is 13.9 Å². The average Bonchev–Trinajstić information content (AvgIpc) is 2.87. The van der Waals surface area contributed by atoms with Gasteiger partial charge in [0.2, 0.25) is 21.8 Å². The first-order valence-electron chi connectivity index (χ1n) is 12.4. The second kappa shape index (κ2) is 13.9. The van der Waals surface area contributed by atoms with Gasteiger partial charge < -0.3 is 15.0 Å². The Labute approximate surface area is 215 Å². The molecule has 0 saturated carbocycles. The quantitative estimate of drug-likeness (QED) is 0.385. The highest BCUT2D eigenvalue weighted by atomic mass is 32.2. The molecule has 2 rings (SSSR count). The maximum Gasteiger partial charge on any atom is 0.244 e. The number of aryl methyl sites for hydroxylation is 1. The SMILES string of the molecule is CCCCNC(=O)[C@H](CC)N(Cc1ccc(OC)cc1)C(=O)CN(c1ccc(CC)cc1)S(C)(=O)=O. The van der Waals surface area contributed by atoms with Crippen LogP contribution in [0, 0.1) is 0 Å². The van der Waals surface area contributed by atoms with Crippen molar-refractivity contribution in [2.75, 3.05) is 30.8 Å². The number of ether oxygens (including phenoxy) is 1. The molecular formula is C27H39N3O5S. The van der Waals surface area contributed by atoms with Crippen molar-refractivity contribution >= 4 is 27.5 Å². The van der Waals surface area contributed by atoms with Crippen molar-refractivity contribution in [3.63, 3.8) is 0 Å². The van der Waals surface area contributed by atoms with Crippen LogP contribution in [-0.4, -0.2) is 57.6 Å². The standard InChI is InChI=1S/C27H39N3O5S/c1-6-9-18-28-27(32)25(8-3)29(19-22-12-16-24(35-4)17-13-22)26(31)20-30(36(5,33)34)23-14-10-21(7-2)11-15-23/h10-17,25H,6-9,18-20H2,1-5H3,(H,28,32)/t25-/m0/s1. The highest BCUT2D eigenvalue weighted by Gasteiger charge is 2.31. The molecule has 2 aromatic carbocycles. The van der Waals surface area contributed by atoms with Gasteiger partial charge in [0.15, 0.2) is 0 Å². The lowest BCUT2D eigenvalue weighted by atomic mass is 10.1. The van der Waals surface area contributed by atoms with E-state index in [0.29, 0.717) is 24.4 Å². The summed E-state index contributed by atoms with van der Waals surface area (Å²) in [4.78, 5) is 28.2. The monoisotopic (exact) mass is 517 g/mol. The van der Waals surface area contributed by atoms with Crippen molar-refractivity contribution in [1.82, 2.24) is 10.2 Å². The normalized spacial score (nSPS) is 12.0. The summed E-state index contributed by atoms with van der Waals surface area (Å²) in [7, 11) is -2.17. The van der Waals surface area contributed by atoms with Gasteiger partial charge in [0.05, 0.1) is 19.1 Å². The van der Waals surface area contributed by atoms with Crippen molar-refractivity contribution < 1.29 is 22.7 Å². The highest BCUT2D eigenvalue weighted by molar-refractivity contribution is 7.92. The zero-order valence-corrected chi connectivity index (χ0v) is 22.8. The minimum Gasteiger partial charge on any atom is -0.497 e. The van der Waals surface area contributed by atoms with E-state index in [4.69, 9.17) is 4.74 Å². The number of sulfonamides is 1. The summed E-state index contributed by atoms with van der Waals surface area (Å²) in [5.74, 6) is -0.0147. The van der Waals surface area contributed by atoms with Crippen LogP contribution in [0.3, 0.4) is 0 Å². The molecule has 0 aliphatic carbocycles. The third kappa shape index (κ3) is 8.26. The Morgan fingerprint density at radius 2 is 1.58 bits per heavy atom. The smallest absolute Gasteiger partial charge is 0.244 e. The lowest BCUT2D eigenvalue weighted by Crippen LogP contribution is -2.52. The van der Waals surface area contributed by atoms with Crippen LogP contribution in [0.1, 0.15) is 51.2 Å². The molecule has 1 N–H and O–H groups in total. The topological polar surface area (TPSA) is 96.0 Å². The van der Waals surface area contributed by atoms with Gasteiger partial charge in [0, 0.05) is 13.1 Å². The van der Waals surface area contributed by atoms with E-state index in [2.05, 4.69) is 5.32 Å². The zero-order chi connectivity index (χ0) is 26.7. The van der Waals surface area contributed by atoms with Gasteiger partial charge in [-0.1, -0.05) is 51.5 Å². The average molecular weight is 518 g/mol. The number of hydrogen-bond acceptors (Lipinski definition) is 5. The van der Waals surface area contributed by atoms with E-state index in [1.807, 2.05) is 45.0 Å². The number of methoxy groups -OCH3 is 1. The molecule has 36 heavy (non-hydrogen) atoms. The summed E-state index contributed by atoms with van der Waals surface area (Å²) in [6.07, 6.45) is 4.06. The van der Waals surface area contributed by atoms with Crippen LogP contribution in [0.25, 0.3) is 0 Å². The van der Waals surface area contributed by atoms with Crippen LogP contribution in [0.15, 0.2) is 48.5 Å². The van der Waals surface area contributed by atoms with Crippen LogP contribution in [-0.2, 0) is 32.6 Å². The molecule has 0 aliphatic heterocycles. The Balaban J connectivity index is 2.39. The summed E-state index contributed by atoms with van der Waals surface area (Å²) < 4.78 is 31.7. The van der Waals surface area contributed by atoms with Gasteiger partial charge in [-0.05, 0) is 54.7 Å². The summed E-state index contributed by atoms with van der Waals surface area (Å²) in [6, 6.07) is 13.6. The Morgan fingerprint density at radius 3 is 2.08 bits per heavy atom. The number of carbonyl (C=O) groups is 2. The maximum atomic E-state index is 13.7. The number of nitrogens with zero attached hydrogens (tertiary/aromatic N) is 2. The number of rotatable bonds is 14. The zero-order valence-electron chi connectivity index (χ0n) is 22.0. The predicted octanol–water partition coefficient (Wildman–Crippen LogP) is 3.75. The van der Waals surface area contributed by atoms with Crippen LogP contribution in [0.5, 0.6) is 5.75 Å². The minimum atomic E-state index is -3.75. The Bertz CT molecular complexity index is 1090. The molecule has 0 heterocycles. The molecule has 0 saturated heterocycles. The lowest BCUT2D eigenvalue weighted by molar-refractivity contribution is -0.140. The molecule has 0 aromatic heterocycles. The summed E-state index contributed by atoms with van der Waals surface area (Å²) >= 11 is 0. The van der Waals surface area contributed by atoms with E-state index in [1.54, 1.807) is 31.4 Å². The number of hydrogen-bond donors (Lipinski definition) is 1. The molecule has 0 unspecified atom stereocenters. The van der Waals surface area contributed by atoms with Gasteiger partial charge in [-0.25, -0.2) is 8.42 Å². The molecule has 8 nitrogen and oxygen atoms in total. The van der Waals surface area contributed by atoms with Crippen molar-refractivity contribution in [3.05, 3.63) is 59.7 Å². The molecule has 0 radical (unpaired) electrons. The van der Waals surface area contributed by atoms with Crippen LogP contribution < -0.4 is 14.4 Å². The van der Waals surface area contributed by atoms with Gasteiger partial charge >= 0.3 is 0 Å². The van der Waals surface area contributed by atoms with Crippen LogP contribution in [0.2, 0.25) is 0 Å². The fourth-order valence-corrected chi connectivity index (χ4v) is 4.71. The Morgan fingerprint density at radius 1 is 0.972 bits per heavy atom. The van der Waals surface area contributed by atoms with Crippen molar-refractivity contribution in [2.24, 2.45) is 0 Å². The fourth-order valence-electron chi connectivity index (χ4n) is 3.86. The number of unbranched alkanes of at least 4 members (excludes halogenated alkanes) is 1. The molecule has 0 aliphatic rings. The molecule has 2 amide bonds. The molecule has 9 heteroatoms. The van der Waals surface area contributed by atoms with Crippen LogP contribution >= 0.6 is 0 Å². The van der Waals surface area contributed by atoms with E-state index in [9.17, 15) is 18.0 Å². The fraction of sp³-hybridized carbons (Fsp3) is 0.481. The van der Waals surface area contributed by atoms with E-state index in [-0.39, 0.29) is 12.5 Å². The van der Waals surface area contributed by atoms with E-state index in [0.717, 1.165) is 41.0 Å². The number of benzene rings is 2. The second-order valence-corrected chi connectivity index (χ2v) is 10.6. The number of nitrogens with one attached hydrogen (secondary N) is 1. The number of carbonyl (C=O) groups excluding carboxylic acids is 2. The van der Waals surface area contributed by atoms with E-state index >= 15 is 0 Å². The highest BCUT2D eigenvalue weighted by Crippen LogP contribution is 2.21. The molecule has 0 bridgehead atoms.